The van der Waals surface area contributed by atoms with Gasteiger partial charge in [0.25, 0.3) is 5.91 Å². The van der Waals surface area contributed by atoms with Crippen LogP contribution in [0, 0.1) is 0 Å². The van der Waals surface area contributed by atoms with Crippen molar-refractivity contribution in [2.24, 2.45) is 0 Å². The Kier molecular flexibility index (Phi) is 4.38. The van der Waals surface area contributed by atoms with Crippen LogP contribution in [0.4, 0.5) is 11.4 Å². The third-order valence-electron chi connectivity index (χ3n) is 4.20. The molecular weight excluding hydrogens is 344 g/mol. The number of anilines is 2. The minimum Gasteiger partial charge on any atom is -0.454 e. The Balaban J connectivity index is 1.63. The van der Waals surface area contributed by atoms with Gasteiger partial charge in [0.15, 0.2) is 11.5 Å². The van der Waals surface area contributed by atoms with Crippen molar-refractivity contribution < 1.29 is 19.0 Å². The molecule has 0 aliphatic carbocycles. The maximum Gasteiger partial charge on any atom is 0.259 e. The Morgan fingerprint density at radius 1 is 1.12 bits per heavy atom. The first kappa shape index (κ1) is 16.1. The van der Waals surface area contributed by atoms with Crippen LogP contribution in [0.2, 0.25) is 5.02 Å². The molecule has 0 aromatic heterocycles. The molecular formula is C18H17ClN2O4. The summed E-state index contributed by atoms with van der Waals surface area (Å²) in [4.78, 5) is 15.0. The highest BCUT2D eigenvalue weighted by Crippen LogP contribution is 2.36. The zero-order valence-electron chi connectivity index (χ0n) is 13.5. The number of rotatable bonds is 3. The summed E-state index contributed by atoms with van der Waals surface area (Å²) in [6, 6.07) is 10.7. The van der Waals surface area contributed by atoms with E-state index in [1.807, 2.05) is 12.1 Å². The molecule has 0 saturated carbocycles. The molecule has 1 fully saturated rings. The number of para-hydroxylation sites is 1. The lowest BCUT2D eigenvalue weighted by Gasteiger charge is -2.30. The Morgan fingerprint density at radius 3 is 2.80 bits per heavy atom. The van der Waals surface area contributed by atoms with Crippen molar-refractivity contribution in [3.05, 3.63) is 47.0 Å². The van der Waals surface area contributed by atoms with Gasteiger partial charge in [0.05, 0.1) is 30.2 Å². The van der Waals surface area contributed by atoms with Crippen LogP contribution in [0.1, 0.15) is 10.4 Å². The van der Waals surface area contributed by atoms with Crippen LogP contribution in [0.5, 0.6) is 11.5 Å². The predicted octanol–water partition coefficient (Wildman–Crippen LogP) is 3.16. The molecule has 6 nitrogen and oxygen atoms in total. The fourth-order valence-electron chi connectivity index (χ4n) is 2.99. The number of fused-ring (bicyclic) bond motifs is 1. The maximum atomic E-state index is 12.8. The van der Waals surface area contributed by atoms with Crippen LogP contribution in [-0.4, -0.2) is 39.0 Å². The van der Waals surface area contributed by atoms with E-state index in [1.165, 1.54) is 0 Å². The summed E-state index contributed by atoms with van der Waals surface area (Å²) in [6.07, 6.45) is 0. The molecule has 130 valence electrons. The van der Waals surface area contributed by atoms with Crippen molar-refractivity contribution in [2.75, 3.05) is 43.3 Å². The van der Waals surface area contributed by atoms with Gasteiger partial charge in [-0.1, -0.05) is 17.7 Å². The van der Waals surface area contributed by atoms with Gasteiger partial charge >= 0.3 is 0 Å². The predicted molar refractivity (Wildman–Crippen MR) is 95.0 cm³/mol. The van der Waals surface area contributed by atoms with Crippen LogP contribution in [-0.2, 0) is 4.74 Å². The van der Waals surface area contributed by atoms with Crippen LogP contribution in [0.25, 0.3) is 0 Å². The number of benzene rings is 2. The zero-order valence-corrected chi connectivity index (χ0v) is 14.2. The minimum atomic E-state index is -0.265. The van der Waals surface area contributed by atoms with Crippen LogP contribution >= 0.6 is 11.6 Å². The monoisotopic (exact) mass is 360 g/mol. The molecule has 0 atom stereocenters. The highest BCUT2D eigenvalue weighted by molar-refractivity contribution is 6.31. The summed E-state index contributed by atoms with van der Waals surface area (Å²) in [5.41, 5.74) is 2.02. The molecule has 0 spiro atoms. The number of morpholine rings is 1. The van der Waals surface area contributed by atoms with E-state index in [4.69, 9.17) is 25.8 Å². The molecule has 0 unspecified atom stereocenters. The quantitative estimate of drug-likeness (QED) is 0.911. The van der Waals surface area contributed by atoms with Crippen molar-refractivity contribution in [2.45, 2.75) is 0 Å². The lowest BCUT2D eigenvalue weighted by Crippen LogP contribution is -2.36. The van der Waals surface area contributed by atoms with E-state index in [0.29, 0.717) is 41.0 Å². The summed E-state index contributed by atoms with van der Waals surface area (Å²) in [6.45, 7) is 2.97. The fraction of sp³-hybridized carbons (Fsp3) is 0.278. The smallest absolute Gasteiger partial charge is 0.259 e. The average Bonchev–Trinajstić information content (AvgIpc) is 3.11. The second-order valence-corrected chi connectivity index (χ2v) is 6.19. The van der Waals surface area contributed by atoms with Gasteiger partial charge in [-0.3, -0.25) is 4.79 Å². The Morgan fingerprint density at radius 2 is 1.96 bits per heavy atom. The summed E-state index contributed by atoms with van der Waals surface area (Å²) >= 11 is 6.14. The molecule has 25 heavy (non-hydrogen) atoms. The molecule has 1 amide bonds. The fourth-order valence-corrected chi connectivity index (χ4v) is 3.16. The number of hydrogen-bond donors (Lipinski definition) is 1. The highest BCUT2D eigenvalue weighted by Gasteiger charge is 2.23. The number of halogens is 1. The van der Waals surface area contributed by atoms with Crippen molar-refractivity contribution in [3.8, 4) is 11.5 Å². The Hall–Kier alpha value is -2.44. The average molecular weight is 361 g/mol. The topological polar surface area (TPSA) is 60.0 Å². The largest absolute Gasteiger partial charge is 0.454 e. The summed E-state index contributed by atoms with van der Waals surface area (Å²) in [7, 11) is 0. The first-order valence-corrected chi connectivity index (χ1v) is 8.42. The standard InChI is InChI=1S/C18H17ClN2O4/c19-12-4-5-15(21-6-8-23-9-7-21)14(10-12)20-18(22)13-2-1-3-16-17(13)25-11-24-16/h1-5,10H,6-9,11H2,(H,20,22). The summed E-state index contributed by atoms with van der Waals surface area (Å²) in [5, 5.41) is 3.51. The summed E-state index contributed by atoms with van der Waals surface area (Å²) in [5.74, 6) is 0.779. The molecule has 2 aliphatic rings. The van der Waals surface area contributed by atoms with E-state index in [2.05, 4.69) is 10.2 Å². The number of carbonyl (C=O) groups excluding carboxylic acids is 1. The third-order valence-corrected chi connectivity index (χ3v) is 4.43. The molecule has 4 rings (SSSR count). The lowest BCUT2D eigenvalue weighted by atomic mass is 10.1. The number of nitrogens with one attached hydrogen (secondary N) is 1. The minimum absolute atomic E-state index is 0.121. The number of hydrogen-bond acceptors (Lipinski definition) is 5. The maximum absolute atomic E-state index is 12.8. The molecule has 2 heterocycles. The van der Waals surface area contributed by atoms with E-state index in [9.17, 15) is 4.79 Å². The summed E-state index contributed by atoms with van der Waals surface area (Å²) < 4.78 is 16.2. The molecule has 0 bridgehead atoms. The van der Waals surface area contributed by atoms with Gasteiger partial charge in [-0.05, 0) is 30.3 Å². The van der Waals surface area contributed by atoms with Gasteiger partial charge < -0.3 is 24.4 Å². The van der Waals surface area contributed by atoms with E-state index in [-0.39, 0.29) is 12.7 Å². The van der Waals surface area contributed by atoms with E-state index >= 15 is 0 Å². The molecule has 0 radical (unpaired) electrons. The Labute approximate surface area is 150 Å². The van der Waals surface area contributed by atoms with Gasteiger partial charge in [0.2, 0.25) is 6.79 Å². The normalized spacial score (nSPS) is 16.0. The zero-order chi connectivity index (χ0) is 17.2. The SMILES string of the molecule is O=C(Nc1cc(Cl)ccc1N1CCOCC1)c1cccc2c1OCO2. The number of carbonyl (C=O) groups is 1. The second kappa shape index (κ2) is 6.82. The number of amides is 1. The molecule has 2 aromatic carbocycles. The van der Waals surface area contributed by atoms with Gasteiger partial charge in [0, 0.05) is 18.1 Å². The van der Waals surface area contributed by atoms with E-state index in [1.54, 1.807) is 24.3 Å². The van der Waals surface area contributed by atoms with Crippen molar-refractivity contribution in [1.82, 2.24) is 0 Å². The molecule has 1 N–H and O–H groups in total. The van der Waals surface area contributed by atoms with Crippen molar-refractivity contribution >= 4 is 28.9 Å². The number of nitrogens with zero attached hydrogens (tertiary/aromatic N) is 1. The first-order chi connectivity index (χ1) is 12.2. The van der Waals surface area contributed by atoms with Gasteiger partial charge in [-0.2, -0.15) is 0 Å². The van der Waals surface area contributed by atoms with Crippen molar-refractivity contribution in [1.29, 1.82) is 0 Å². The van der Waals surface area contributed by atoms with Crippen LogP contribution in [0.15, 0.2) is 36.4 Å². The first-order valence-electron chi connectivity index (χ1n) is 8.04. The second-order valence-electron chi connectivity index (χ2n) is 5.75. The molecule has 2 aliphatic heterocycles. The number of ether oxygens (including phenoxy) is 3. The van der Waals surface area contributed by atoms with E-state index < -0.39 is 0 Å². The lowest BCUT2D eigenvalue weighted by molar-refractivity contribution is 0.102. The van der Waals surface area contributed by atoms with E-state index in [0.717, 1.165) is 18.8 Å². The molecule has 1 saturated heterocycles. The highest BCUT2D eigenvalue weighted by atomic mass is 35.5. The van der Waals surface area contributed by atoms with Crippen LogP contribution in [0.3, 0.4) is 0 Å². The van der Waals surface area contributed by atoms with Gasteiger partial charge in [0.1, 0.15) is 0 Å². The molecule has 7 heteroatoms. The van der Waals surface area contributed by atoms with Crippen LogP contribution < -0.4 is 19.7 Å². The van der Waals surface area contributed by atoms with Crippen molar-refractivity contribution in [3.63, 3.8) is 0 Å². The third kappa shape index (κ3) is 3.23. The Bertz CT molecular complexity index is 806. The molecule has 2 aromatic rings. The van der Waals surface area contributed by atoms with Gasteiger partial charge in [-0.15, -0.1) is 0 Å². The van der Waals surface area contributed by atoms with Gasteiger partial charge in [-0.25, -0.2) is 0 Å².